The summed E-state index contributed by atoms with van der Waals surface area (Å²) in [6.07, 6.45) is 0. The van der Waals surface area contributed by atoms with E-state index in [0.717, 1.165) is 23.8 Å². The van der Waals surface area contributed by atoms with Crippen molar-refractivity contribution in [3.8, 4) is 11.3 Å². The normalized spacial score (nSPS) is 11.3. The van der Waals surface area contributed by atoms with Crippen molar-refractivity contribution < 1.29 is 0 Å². The highest BCUT2D eigenvalue weighted by Crippen LogP contribution is 2.28. The SMILES string of the molecule is CNCc1[nH]c(C)nc1-c1cc(C(C)C)ccc1C. The van der Waals surface area contributed by atoms with Gasteiger partial charge in [-0.15, -0.1) is 0 Å². The Morgan fingerprint density at radius 2 is 2.00 bits per heavy atom. The topological polar surface area (TPSA) is 40.7 Å². The van der Waals surface area contributed by atoms with Gasteiger partial charge in [-0.25, -0.2) is 4.98 Å². The van der Waals surface area contributed by atoms with E-state index in [1.807, 2.05) is 14.0 Å². The Labute approximate surface area is 115 Å². The van der Waals surface area contributed by atoms with Gasteiger partial charge in [-0.3, -0.25) is 0 Å². The highest BCUT2D eigenvalue weighted by atomic mass is 15.0. The third-order valence-electron chi connectivity index (χ3n) is 3.43. The van der Waals surface area contributed by atoms with Crippen LogP contribution in [0.15, 0.2) is 18.2 Å². The van der Waals surface area contributed by atoms with Gasteiger partial charge in [-0.1, -0.05) is 26.0 Å². The van der Waals surface area contributed by atoms with Crippen molar-refractivity contribution >= 4 is 0 Å². The number of imidazole rings is 1. The molecule has 2 N–H and O–H groups in total. The highest BCUT2D eigenvalue weighted by molar-refractivity contribution is 5.67. The maximum Gasteiger partial charge on any atom is 0.103 e. The minimum Gasteiger partial charge on any atom is -0.345 e. The molecule has 2 aromatic rings. The molecule has 0 aliphatic carbocycles. The summed E-state index contributed by atoms with van der Waals surface area (Å²) < 4.78 is 0. The fourth-order valence-corrected chi connectivity index (χ4v) is 2.32. The maximum absolute atomic E-state index is 4.67. The number of aromatic amines is 1. The van der Waals surface area contributed by atoms with E-state index in [0.29, 0.717) is 5.92 Å². The molecule has 0 amide bonds. The van der Waals surface area contributed by atoms with E-state index in [4.69, 9.17) is 0 Å². The van der Waals surface area contributed by atoms with Crippen molar-refractivity contribution in [1.82, 2.24) is 15.3 Å². The smallest absolute Gasteiger partial charge is 0.103 e. The highest BCUT2D eigenvalue weighted by Gasteiger charge is 2.13. The molecule has 19 heavy (non-hydrogen) atoms. The number of nitrogens with zero attached hydrogens (tertiary/aromatic N) is 1. The van der Waals surface area contributed by atoms with E-state index in [9.17, 15) is 0 Å². The molecule has 0 saturated carbocycles. The van der Waals surface area contributed by atoms with Gasteiger partial charge in [-0.05, 0) is 44.0 Å². The molecule has 3 nitrogen and oxygen atoms in total. The van der Waals surface area contributed by atoms with Crippen LogP contribution in [-0.2, 0) is 6.54 Å². The first kappa shape index (κ1) is 13.8. The number of aryl methyl sites for hydroxylation is 2. The van der Waals surface area contributed by atoms with Gasteiger partial charge < -0.3 is 10.3 Å². The number of nitrogens with one attached hydrogen (secondary N) is 2. The van der Waals surface area contributed by atoms with Crippen molar-refractivity contribution in [2.24, 2.45) is 0 Å². The molecule has 0 bridgehead atoms. The lowest BCUT2D eigenvalue weighted by Crippen LogP contribution is -2.07. The average Bonchev–Trinajstić information content (AvgIpc) is 2.71. The van der Waals surface area contributed by atoms with Crippen LogP contribution in [0.4, 0.5) is 0 Å². The van der Waals surface area contributed by atoms with Crippen LogP contribution in [0.25, 0.3) is 11.3 Å². The first-order chi connectivity index (χ1) is 9.02. The summed E-state index contributed by atoms with van der Waals surface area (Å²) in [5, 5.41) is 3.19. The largest absolute Gasteiger partial charge is 0.345 e. The molecule has 0 radical (unpaired) electrons. The van der Waals surface area contributed by atoms with Crippen LogP contribution in [-0.4, -0.2) is 17.0 Å². The van der Waals surface area contributed by atoms with E-state index >= 15 is 0 Å². The molecule has 1 heterocycles. The lowest BCUT2D eigenvalue weighted by atomic mass is 9.95. The monoisotopic (exact) mass is 257 g/mol. The van der Waals surface area contributed by atoms with Gasteiger partial charge in [0, 0.05) is 12.1 Å². The summed E-state index contributed by atoms with van der Waals surface area (Å²) in [7, 11) is 1.96. The van der Waals surface area contributed by atoms with E-state index in [1.54, 1.807) is 0 Å². The van der Waals surface area contributed by atoms with E-state index in [1.165, 1.54) is 16.7 Å². The Bertz CT molecular complexity index is 567. The molecule has 2 rings (SSSR count). The van der Waals surface area contributed by atoms with Gasteiger partial charge in [0.05, 0.1) is 11.4 Å². The van der Waals surface area contributed by atoms with E-state index < -0.39 is 0 Å². The Balaban J connectivity index is 2.54. The number of aromatic nitrogens is 2. The van der Waals surface area contributed by atoms with Crippen molar-refractivity contribution in [3.05, 3.63) is 40.8 Å². The minimum absolute atomic E-state index is 0.534. The van der Waals surface area contributed by atoms with Gasteiger partial charge in [-0.2, -0.15) is 0 Å². The van der Waals surface area contributed by atoms with Crippen LogP contribution in [0.2, 0.25) is 0 Å². The molecule has 1 aromatic heterocycles. The summed E-state index contributed by atoms with van der Waals surface area (Å²) in [4.78, 5) is 8.01. The molecule has 0 aliphatic heterocycles. The predicted octanol–water partition coefficient (Wildman–Crippen LogP) is 3.54. The average molecular weight is 257 g/mol. The second-order valence-corrected chi connectivity index (χ2v) is 5.41. The van der Waals surface area contributed by atoms with Gasteiger partial charge >= 0.3 is 0 Å². The molecular weight excluding hydrogens is 234 g/mol. The zero-order chi connectivity index (χ0) is 14.0. The van der Waals surface area contributed by atoms with E-state index in [-0.39, 0.29) is 0 Å². The molecule has 0 spiro atoms. The maximum atomic E-state index is 4.67. The summed E-state index contributed by atoms with van der Waals surface area (Å²) >= 11 is 0. The molecule has 102 valence electrons. The van der Waals surface area contributed by atoms with E-state index in [2.05, 4.69) is 54.3 Å². The van der Waals surface area contributed by atoms with Crippen LogP contribution in [0.3, 0.4) is 0 Å². The van der Waals surface area contributed by atoms with Crippen molar-refractivity contribution in [2.75, 3.05) is 7.05 Å². The van der Waals surface area contributed by atoms with Crippen molar-refractivity contribution in [2.45, 2.75) is 40.2 Å². The summed E-state index contributed by atoms with van der Waals surface area (Å²) in [6.45, 7) is 9.40. The summed E-state index contributed by atoms with van der Waals surface area (Å²) in [5.74, 6) is 1.50. The molecule has 3 heteroatoms. The zero-order valence-corrected chi connectivity index (χ0v) is 12.5. The minimum atomic E-state index is 0.534. The Hall–Kier alpha value is -1.61. The van der Waals surface area contributed by atoms with Gasteiger partial charge in [0.1, 0.15) is 5.82 Å². The fourth-order valence-electron chi connectivity index (χ4n) is 2.32. The standard InChI is InChI=1S/C16H23N3/c1-10(2)13-7-6-11(3)14(8-13)16-15(9-17-5)18-12(4)19-16/h6-8,10,17H,9H2,1-5H3,(H,18,19). The second-order valence-electron chi connectivity index (χ2n) is 5.41. The Morgan fingerprint density at radius 1 is 1.26 bits per heavy atom. The van der Waals surface area contributed by atoms with Gasteiger partial charge in [0.15, 0.2) is 0 Å². The number of rotatable bonds is 4. The lowest BCUT2D eigenvalue weighted by molar-refractivity contribution is 0.796. The Kier molecular flexibility index (Phi) is 4.05. The number of hydrogen-bond acceptors (Lipinski definition) is 2. The molecular formula is C16H23N3. The van der Waals surface area contributed by atoms with Crippen molar-refractivity contribution in [3.63, 3.8) is 0 Å². The predicted molar refractivity (Wildman–Crippen MR) is 80.4 cm³/mol. The number of hydrogen-bond donors (Lipinski definition) is 2. The third-order valence-corrected chi connectivity index (χ3v) is 3.43. The van der Waals surface area contributed by atoms with Gasteiger partial charge in [0.2, 0.25) is 0 Å². The summed E-state index contributed by atoms with van der Waals surface area (Å²) in [5.41, 5.74) is 6.10. The fraction of sp³-hybridized carbons (Fsp3) is 0.438. The lowest BCUT2D eigenvalue weighted by Gasteiger charge is -2.11. The van der Waals surface area contributed by atoms with Crippen LogP contribution >= 0.6 is 0 Å². The van der Waals surface area contributed by atoms with Crippen LogP contribution < -0.4 is 5.32 Å². The van der Waals surface area contributed by atoms with Crippen LogP contribution in [0.1, 0.15) is 42.4 Å². The first-order valence-electron chi connectivity index (χ1n) is 6.84. The number of H-pyrrole nitrogens is 1. The first-order valence-corrected chi connectivity index (χ1v) is 6.84. The number of benzene rings is 1. The molecule has 1 aromatic carbocycles. The Morgan fingerprint density at radius 3 is 2.63 bits per heavy atom. The molecule has 0 atom stereocenters. The second kappa shape index (κ2) is 5.57. The quantitative estimate of drug-likeness (QED) is 0.879. The zero-order valence-electron chi connectivity index (χ0n) is 12.5. The van der Waals surface area contributed by atoms with Crippen LogP contribution in [0.5, 0.6) is 0 Å². The third kappa shape index (κ3) is 2.87. The van der Waals surface area contributed by atoms with Crippen LogP contribution in [0, 0.1) is 13.8 Å². The molecule has 0 unspecified atom stereocenters. The van der Waals surface area contributed by atoms with Gasteiger partial charge in [0.25, 0.3) is 0 Å². The molecule has 0 saturated heterocycles. The molecule has 0 aliphatic rings. The summed E-state index contributed by atoms with van der Waals surface area (Å²) in [6, 6.07) is 6.67. The van der Waals surface area contributed by atoms with Crippen molar-refractivity contribution in [1.29, 1.82) is 0 Å². The molecule has 0 fully saturated rings.